The van der Waals surface area contributed by atoms with Crippen molar-refractivity contribution >= 4 is 6.03 Å². The summed E-state index contributed by atoms with van der Waals surface area (Å²) < 4.78 is 0. The molecule has 0 radical (unpaired) electrons. The Bertz CT molecular complexity index is 212. The molecular weight excluding hydrogens is 216 g/mol. The molecule has 4 heteroatoms. The highest BCUT2D eigenvalue weighted by Gasteiger charge is 2.09. The van der Waals surface area contributed by atoms with Gasteiger partial charge in [0, 0.05) is 13.1 Å². The van der Waals surface area contributed by atoms with Crippen molar-refractivity contribution in [1.82, 2.24) is 10.6 Å². The molecule has 1 unspecified atom stereocenters. The number of hydrogen-bond acceptors (Lipinski definition) is 2. The predicted octanol–water partition coefficient (Wildman–Crippen LogP) is 2.27. The molecule has 2 amide bonds. The average molecular weight is 244 g/mol. The molecule has 0 aliphatic carbocycles. The summed E-state index contributed by atoms with van der Waals surface area (Å²) in [5.41, 5.74) is 0.315. The summed E-state index contributed by atoms with van der Waals surface area (Å²) in [6.45, 7) is 9.60. The quantitative estimate of drug-likeness (QED) is 0.602. The third-order valence-electron chi connectivity index (χ3n) is 2.51. The Hall–Kier alpha value is -0.770. The smallest absolute Gasteiger partial charge is 0.314 e. The second-order valence-electron chi connectivity index (χ2n) is 5.74. The van der Waals surface area contributed by atoms with Crippen molar-refractivity contribution < 1.29 is 9.90 Å². The zero-order valence-electron chi connectivity index (χ0n) is 11.7. The lowest BCUT2D eigenvalue weighted by molar-refractivity contribution is 0.160. The first kappa shape index (κ1) is 16.2. The standard InChI is InChI=1S/C13H28N2O2/c1-5-7-11(16)10-15-12(17)14-9-6-8-13(2,3)4/h11,16H,5-10H2,1-4H3,(H2,14,15,17). The van der Waals surface area contributed by atoms with Gasteiger partial charge in [-0.1, -0.05) is 34.1 Å². The van der Waals surface area contributed by atoms with Crippen LogP contribution in [-0.4, -0.2) is 30.3 Å². The first-order valence-electron chi connectivity index (χ1n) is 6.55. The van der Waals surface area contributed by atoms with Crippen LogP contribution in [0.1, 0.15) is 53.4 Å². The molecule has 102 valence electrons. The van der Waals surface area contributed by atoms with Crippen LogP contribution in [0.25, 0.3) is 0 Å². The minimum atomic E-state index is -0.430. The summed E-state index contributed by atoms with van der Waals surface area (Å²) in [5.74, 6) is 0. The van der Waals surface area contributed by atoms with E-state index >= 15 is 0 Å². The largest absolute Gasteiger partial charge is 0.391 e. The van der Waals surface area contributed by atoms with Gasteiger partial charge in [-0.05, 0) is 24.7 Å². The van der Waals surface area contributed by atoms with Crippen LogP contribution < -0.4 is 10.6 Å². The van der Waals surface area contributed by atoms with Crippen LogP contribution in [0.4, 0.5) is 4.79 Å². The van der Waals surface area contributed by atoms with Crippen molar-refractivity contribution in [1.29, 1.82) is 0 Å². The normalized spacial score (nSPS) is 13.2. The number of urea groups is 1. The van der Waals surface area contributed by atoms with Crippen molar-refractivity contribution in [3.63, 3.8) is 0 Å². The third-order valence-corrected chi connectivity index (χ3v) is 2.51. The highest BCUT2D eigenvalue weighted by atomic mass is 16.3. The average Bonchev–Trinajstić information content (AvgIpc) is 2.21. The van der Waals surface area contributed by atoms with Gasteiger partial charge in [0.2, 0.25) is 0 Å². The number of aliphatic hydroxyl groups excluding tert-OH is 1. The molecule has 0 saturated heterocycles. The molecule has 0 heterocycles. The number of aliphatic hydroxyl groups is 1. The molecule has 17 heavy (non-hydrogen) atoms. The number of amides is 2. The monoisotopic (exact) mass is 244 g/mol. The van der Waals surface area contributed by atoms with E-state index in [4.69, 9.17) is 0 Å². The Morgan fingerprint density at radius 3 is 2.47 bits per heavy atom. The van der Waals surface area contributed by atoms with Crippen LogP contribution in [0, 0.1) is 5.41 Å². The summed E-state index contributed by atoms with van der Waals surface area (Å²) in [6, 6.07) is -0.186. The maximum Gasteiger partial charge on any atom is 0.314 e. The first-order chi connectivity index (χ1) is 7.85. The van der Waals surface area contributed by atoms with E-state index < -0.39 is 6.10 Å². The summed E-state index contributed by atoms with van der Waals surface area (Å²) >= 11 is 0. The van der Waals surface area contributed by atoms with Gasteiger partial charge in [-0.25, -0.2) is 4.79 Å². The molecule has 0 aliphatic heterocycles. The van der Waals surface area contributed by atoms with Crippen LogP contribution in [0.5, 0.6) is 0 Å². The van der Waals surface area contributed by atoms with Gasteiger partial charge < -0.3 is 15.7 Å². The number of hydrogen-bond donors (Lipinski definition) is 3. The maximum atomic E-state index is 11.3. The zero-order chi connectivity index (χ0) is 13.3. The van der Waals surface area contributed by atoms with Crippen LogP contribution in [0.15, 0.2) is 0 Å². The van der Waals surface area contributed by atoms with Crippen molar-refractivity contribution in [2.75, 3.05) is 13.1 Å². The third kappa shape index (κ3) is 11.5. The van der Waals surface area contributed by atoms with Crippen molar-refractivity contribution in [2.24, 2.45) is 5.41 Å². The molecule has 3 N–H and O–H groups in total. The van der Waals surface area contributed by atoms with Crippen LogP contribution in [-0.2, 0) is 0 Å². The van der Waals surface area contributed by atoms with Gasteiger partial charge in [0.15, 0.2) is 0 Å². The molecule has 0 rings (SSSR count). The molecule has 0 aromatic carbocycles. The molecule has 0 saturated carbocycles. The van der Waals surface area contributed by atoms with E-state index in [2.05, 4.69) is 31.4 Å². The molecular formula is C13H28N2O2. The fourth-order valence-corrected chi connectivity index (χ4v) is 1.53. The molecule has 1 atom stereocenters. The maximum absolute atomic E-state index is 11.3. The van der Waals surface area contributed by atoms with Gasteiger partial charge in [0.05, 0.1) is 6.10 Å². The lowest BCUT2D eigenvalue weighted by Crippen LogP contribution is -2.40. The zero-order valence-corrected chi connectivity index (χ0v) is 11.7. The Morgan fingerprint density at radius 2 is 1.94 bits per heavy atom. The van der Waals surface area contributed by atoms with Gasteiger partial charge in [-0.2, -0.15) is 0 Å². The fourth-order valence-electron chi connectivity index (χ4n) is 1.53. The van der Waals surface area contributed by atoms with Gasteiger partial charge in [-0.3, -0.25) is 0 Å². The second-order valence-corrected chi connectivity index (χ2v) is 5.74. The highest BCUT2D eigenvalue weighted by molar-refractivity contribution is 5.73. The van der Waals surface area contributed by atoms with Crippen molar-refractivity contribution in [3.8, 4) is 0 Å². The fraction of sp³-hybridized carbons (Fsp3) is 0.923. The van der Waals surface area contributed by atoms with Gasteiger partial charge in [0.1, 0.15) is 0 Å². The summed E-state index contributed by atoms with van der Waals surface area (Å²) in [5, 5.41) is 14.9. The molecule has 0 aromatic heterocycles. The Balaban J connectivity index is 3.47. The van der Waals surface area contributed by atoms with Crippen molar-refractivity contribution in [3.05, 3.63) is 0 Å². The molecule has 0 spiro atoms. The number of nitrogens with one attached hydrogen (secondary N) is 2. The van der Waals surface area contributed by atoms with E-state index in [1.165, 1.54) is 0 Å². The van der Waals surface area contributed by atoms with E-state index in [1.807, 2.05) is 6.92 Å². The van der Waals surface area contributed by atoms with Gasteiger partial charge in [0.25, 0.3) is 0 Å². The number of carbonyl (C=O) groups excluding carboxylic acids is 1. The molecule has 0 aromatic rings. The first-order valence-corrected chi connectivity index (χ1v) is 6.55. The Kier molecular flexibility index (Phi) is 7.96. The summed E-state index contributed by atoms with van der Waals surface area (Å²) in [7, 11) is 0. The minimum absolute atomic E-state index is 0.186. The summed E-state index contributed by atoms with van der Waals surface area (Å²) in [6.07, 6.45) is 3.29. The van der Waals surface area contributed by atoms with Crippen LogP contribution in [0.3, 0.4) is 0 Å². The highest BCUT2D eigenvalue weighted by Crippen LogP contribution is 2.19. The minimum Gasteiger partial charge on any atom is -0.391 e. The molecule has 0 aliphatic rings. The Labute approximate surface area is 105 Å². The topological polar surface area (TPSA) is 61.4 Å². The van der Waals surface area contributed by atoms with E-state index in [0.717, 1.165) is 25.7 Å². The molecule has 0 bridgehead atoms. The summed E-state index contributed by atoms with van der Waals surface area (Å²) in [4.78, 5) is 11.3. The second kappa shape index (κ2) is 8.34. The van der Waals surface area contributed by atoms with Crippen LogP contribution in [0.2, 0.25) is 0 Å². The predicted molar refractivity (Wildman–Crippen MR) is 71.0 cm³/mol. The van der Waals surface area contributed by atoms with Gasteiger partial charge >= 0.3 is 6.03 Å². The molecule has 0 fully saturated rings. The molecule has 4 nitrogen and oxygen atoms in total. The van der Waals surface area contributed by atoms with Crippen LogP contribution >= 0.6 is 0 Å². The SMILES string of the molecule is CCCC(O)CNC(=O)NCCCC(C)(C)C. The number of rotatable bonds is 7. The van der Waals surface area contributed by atoms with Gasteiger partial charge in [-0.15, -0.1) is 0 Å². The van der Waals surface area contributed by atoms with E-state index in [-0.39, 0.29) is 6.03 Å². The lowest BCUT2D eigenvalue weighted by atomic mass is 9.91. The van der Waals surface area contributed by atoms with E-state index in [1.54, 1.807) is 0 Å². The Morgan fingerprint density at radius 1 is 1.29 bits per heavy atom. The van der Waals surface area contributed by atoms with E-state index in [9.17, 15) is 9.90 Å². The number of carbonyl (C=O) groups is 1. The lowest BCUT2D eigenvalue weighted by Gasteiger charge is -2.18. The van der Waals surface area contributed by atoms with Crippen molar-refractivity contribution in [2.45, 2.75) is 59.5 Å². The van der Waals surface area contributed by atoms with E-state index in [0.29, 0.717) is 18.5 Å².